The number of hydrogen-bond acceptors (Lipinski definition) is 16. The van der Waals surface area contributed by atoms with Gasteiger partial charge in [0.1, 0.15) is 0 Å². The van der Waals surface area contributed by atoms with Crippen LogP contribution in [0.4, 0.5) is 91.0 Å². The molecule has 8 aromatic carbocycles. The van der Waals surface area contributed by atoms with Gasteiger partial charge in [-0.3, -0.25) is 0 Å². The first kappa shape index (κ1) is 60.8. The third-order valence-electron chi connectivity index (χ3n) is 13.5. The summed E-state index contributed by atoms with van der Waals surface area (Å²) in [6, 6.07) is 63.4. The van der Waals surface area contributed by atoms with Crippen molar-refractivity contribution in [2.75, 3.05) is 41.7 Å². The van der Waals surface area contributed by atoms with Gasteiger partial charge in [0.2, 0.25) is 0 Å². The summed E-state index contributed by atoms with van der Waals surface area (Å²) in [4.78, 5) is 0. The molecule has 16 rings (SSSR count). The predicted molar refractivity (Wildman–Crippen MR) is 312 cm³/mol. The molecule has 0 fully saturated rings. The van der Waals surface area contributed by atoms with Crippen molar-refractivity contribution in [2.45, 2.75) is 38.0 Å². The van der Waals surface area contributed by atoms with Crippen LogP contribution in [0.25, 0.3) is 43.4 Å². The van der Waals surface area contributed by atoms with E-state index in [1.165, 1.54) is 0 Å². The van der Waals surface area contributed by atoms with Crippen molar-refractivity contribution in [2.24, 2.45) is 0 Å². The van der Waals surface area contributed by atoms with Crippen LogP contribution in [0, 0.1) is 0 Å². The smallest absolute Gasteiger partial charge is 0.602 e. The van der Waals surface area contributed by atoms with Crippen LogP contribution in [0.2, 0.25) is 0 Å². The van der Waals surface area contributed by atoms with Gasteiger partial charge in [0.25, 0.3) is 0 Å². The van der Waals surface area contributed by atoms with Gasteiger partial charge in [-0.25, -0.2) is 0 Å². The summed E-state index contributed by atoms with van der Waals surface area (Å²) in [6.45, 7) is 4.43. The molecule has 8 aliphatic rings. The van der Waals surface area contributed by atoms with Gasteiger partial charge in [-0.2, -0.15) is 0 Å². The Kier molecular flexibility index (Phi) is 21.2. The zero-order chi connectivity index (χ0) is 52.6. The van der Waals surface area contributed by atoms with Crippen molar-refractivity contribution in [1.29, 1.82) is 0 Å². The maximum atomic E-state index is 4.70. The fourth-order valence-corrected chi connectivity index (χ4v) is 9.69. The summed E-state index contributed by atoms with van der Waals surface area (Å²) < 4.78 is 0. The minimum absolute atomic E-state index is 0. The molecule has 24 nitrogen and oxygen atoms in total. The molecule has 4 atom stereocenters. The van der Waals surface area contributed by atoms with E-state index in [-0.39, 0.29) is 102 Å². The summed E-state index contributed by atoms with van der Waals surface area (Å²) in [5, 5.41) is 8.62. The van der Waals surface area contributed by atoms with E-state index < -0.39 is 0 Å². The summed E-state index contributed by atoms with van der Waals surface area (Å²) in [5.41, 5.74) is 85.6. The van der Waals surface area contributed by atoms with Crippen molar-refractivity contribution in [3.05, 3.63) is 238 Å². The Bertz CT molecular complexity index is 2940. The van der Waals surface area contributed by atoms with Gasteiger partial charge in [0.05, 0.1) is 24.2 Å². The average Bonchev–Trinajstić information content (AvgIpc) is 4.20. The Morgan fingerprint density at radius 3 is 0.720 bits per heavy atom. The number of nitrogens with one attached hydrogen (secondary N) is 12. The number of anilines is 8. The molecule has 0 aliphatic carbocycles. The van der Waals surface area contributed by atoms with E-state index in [9.17, 15) is 0 Å². The normalized spacial score (nSPS) is 15.8. The number of hydrogen-bond donors (Lipinski definition) is 12. The summed E-state index contributed by atoms with van der Waals surface area (Å²) in [6.07, 6.45) is 0. The molecule has 8 aliphatic heterocycles. The topological polar surface area (TPSA) is 270 Å². The van der Waals surface area contributed by atoms with Crippen LogP contribution in [0.15, 0.2) is 194 Å². The van der Waals surface area contributed by atoms with E-state index in [0.29, 0.717) is 0 Å². The first-order chi connectivity index (χ1) is 38.6. The van der Waals surface area contributed by atoms with Gasteiger partial charge < -0.3 is 129 Å². The van der Waals surface area contributed by atoms with Crippen LogP contribution in [-0.2, 0) is 77.9 Å². The number of rotatable bonds is 7. The van der Waals surface area contributed by atoms with E-state index in [0.717, 1.165) is 91.0 Å². The summed E-state index contributed by atoms with van der Waals surface area (Å²) in [5.74, 6) is 0. The van der Waals surface area contributed by atoms with Crippen molar-refractivity contribution < 1.29 is 77.9 Å². The molecule has 398 valence electrons. The van der Waals surface area contributed by atoms with E-state index in [1.807, 2.05) is 170 Å². The summed E-state index contributed by atoms with van der Waals surface area (Å²) in [7, 11) is 0. The van der Waals surface area contributed by atoms with Gasteiger partial charge in [-0.1, -0.05) is 146 Å². The van der Waals surface area contributed by atoms with E-state index in [1.54, 1.807) is 0 Å². The average molecular weight is 1300 g/mol. The maximum Gasteiger partial charge on any atom is 2.00 e. The Morgan fingerprint density at radius 1 is 0.256 bits per heavy atom. The Hall–Kier alpha value is -7.27. The molecule has 0 aromatic heterocycles. The van der Waals surface area contributed by atoms with Crippen LogP contribution in [-0.4, -0.2) is 24.2 Å². The molecule has 82 heavy (non-hydrogen) atoms. The zero-order valence-electron chi connectivity index (χ0n) is 45.0. The van der Waals surface area contributed by atoms with Crippen LogP contribution in [0.1, 0.15) is 13.8 Å². The molecule has 4 unspecified atom stereocenters. The molecule has 12 N–H and O–H groups in total. The Balaban J connectivity index is 0.000000175. The molecule has 0 saturated carbocycles. The SMILES string of the molecule is CC(C(C(C(C)N1N[N-]c2ccccc21)N1N[N-]c2ccccc21)N1N[N-]c2ccccc21)N1N[N-]c2ccccc21.[Zn+2].[Zn+2].[Zn+2].[Zn+2].c1ccc2c(c1)[N-]NN2.c1ccc2c(c1)[N-]NN2.c1ccc2c(c1)[N-]NN2.c1ccc2c(c1)[N-]NN2. The van der Waals surface area contributed by atoms with Crippen LogP contribution in [0.3, 0.4) is 0 Å². The van der Waals surface area contributed by atoms with Crippen LogP contribution >= 0.6 is 0 Å². The fourth-order valence-electron chi connectivity index (χ4n) is 9.69. The first-order valence-corrected chi connectivity index (χ1v) is 25.2. The predicted octanol–water partition coefficient (Wildman–Crippen LogP) is 12.4. The van der Waals surface area contributed by atoms with Crippen molar-refractivity contribution in [3.63, 3.8) is 0 Å². The van der Waals surface area contributed by atoms with E-state index in [2.05, 4.69) is 157 Å². The number of hydrazine groups is 8. The van der Waals surface area contributed by atoms with E-state index in [4.69, 9.17) is 10.9 Å². The van der Waals surface area contributed by atoms with Gasteiger partial charge in [-0.05, 0) is 62.4 Å². The van der Waals surface area contributed by atoms with Crippen molar-refractivity contribution in [3.8, 4) is 0 Å². The second kappa shape index (κ2) is 28.6. The van der Waals surface area contributed by atoms with Gasteiger partial charge in [-0.15, -0.1) is 45.5 Å². The Labute approximate surface area is 526 Å². The van der Waals surface area contributed by atoms with Gasteiger partial charge in [0.15, 0.2) is 0 Å². The number of benzene rings is 8. The van der Waals surface area contributed by atoms with Gasteiger partial charge in [0, 0.05) is 45.5 Å². The first-order valence-electron chi connectivity index (χ1n) is 25.2. The van der Waals surface area contributed by atoms with Crippen molar-refractivity contribution in [1.82, 2.24) is 44.3 Å². The second-order valence-electron chi connectivity index (χ2n) is 18.2. The number of fused-ring (bicyclic) bond motifs is 8. The van der Waals surface area contributed by atoms with Gasteiger partial charge >= 0.3 is 77.9 Å². The van der Waals surface area contributed by atoms with Crippen LogP contribution in [0.5, 0.6) is 0 Å². The summed E-state index contributed by atoms with van der Waals surface area (Å²) >= 11 is 0. The molecule has 8 aromatic rings. The molecule has 0 bridgehead atoms. The minimum Gasteiger partial charge on any atom is -0.602 e. The quantitative estimate of drug-likeness (QED) is 0.0662. The Morgan fingerprint density at radius 2 is 0.463 bits per heavy atom. The third kappa shape index (κ3) is 13.1. The standard InChI is InChI=1S/C30H30N12.4C6H6N3.4Zn/c1-19(39-25-15-7-3-11-21(25)31-35-39)29(41-27-17-9-5-13-23(27)33-37-41)30(42-28-18-10-6-14-24(28)34-38-42)20(2)40-26-16-8-4-12-22(26)32-36-40;4*1-2-4-6-5(3-1)7-9-8-6;;;;/h3-20,29-30,35-38H,1-2H3;4*1-4,7,9H;;;;/q-4;4*-1;4*+2. The molecular formula is C54H54N24Zn4. The largest absolute Gasteiger partial charge is 2.00 e. The molecule has 8 heterocycles. The fraction of sp³-hybridized carbons (Fsp3) is 0.111. The third-order valence-corrected chi connectivity index (χ3v) is 13.5. The van der Waals surface area contributed by atoms with Crippen molar-refractivity contribution >= 4 is 91.0 Å². The maximum absolute atomic E-state index is 4.70. The molecule has 0 amide bonds. The van der Waals surface area contributed by atoms with E-state index >= 15 is 0 Å². The number of para-hydroxylation sites is 16. The zero-order valence-corrected chi connectivity index (χ0v) is 56.8. The van der Waals surface area contributed by atoms with Crippen LogP contribution < -0.4 is 86.0 Å². The molecular weight excluding hydrogens is 1250 g/mol. The second-order valence-corrected chi connectivity index (χ2v) is 18.2. The molecule has 28 heteroatoms. The molecule has 0 saturated heterocycles. The monoisotopic (exact) mass is 1290 g/mol. The molecule has 0 spiro atoms. The minimum atomic E-state index is -0.218. The molecule has 0 radical (unpaired) electrons. The number of nitrogens with zero attached hydrogens (tertiary/aromatic N) is 12.